The second-order valence-electron chi connectivity index (χ2n) is 8.54. The zero-order valence-electron chi connectivity index (χ0n) is 20.0. The fourth-order valence-corrected chi connectivity index (χ4v) is 4.95. The van der Waals surface area contributed by atoms with E-state index in [9.17, 15) is 22.8 Å². The molecule has 2 amide bonds. The van der Waals surface area contributed by atoms with Crippen LogP contribution in [0.15, 0.2) is 55.4 Å². The molecule has 1 atom stereocenters. The third-order valence-corrected chi connectivity index (χ3v) is 7.01. The van der Waals surface area contributed by atoms with Crippen molar-refractivity contribution in [2.24, 2.45) is 0 Å². The fraction of sp³-hybridized carbons (Fsp3) is 0.280. The molecule has 1 aliphatic heterocycles. The van der Waals surface area contributed by atoms with Gasteiger partial charge in [-0.3, -0.25) is 9.59 Å². The SMILES string of the molecule is C=CC(=O)Nc1ccc(C(=O)N2CCCC(Nc3ncc(CNc4cc(C(F)(F)F)c(Cl)cn4)s3)C2)cc1. The van der Waals surface area contributed by atoms with Crippen LogP contribution in [0.2, 0.25) is 5.02 Å². The van der Waals surface area contributed by atoms with E-state index in [4.69, 9.17) is 11.6 Å². The van der Waals surface area contributed by atoms with Crippen molar-refractivity contribution < 1.29 is 22.8 Å². The van der Waals surface area contributed by atoms with Gasteiger partial charge in [0.2, 0.25) is 5.91 Å². The number of nitrogens with one attached hydrogen (secondary N) is 3. The summed E-state index contributed by atoms with van der Waals surface area (Å²) in [4.78, 5) is 35.3. The number of likely N-dealkylation sites (tertiary alicyclic amines) is 1. The predicted molar refractivity (Wildman–Crippen MR) is 142 cm³/mol. The number of anilines is 3. The number of aromatic nitrogens is 2. The molecule has 1 unspecified atom stereocenters. The third kappa shape index (κ3) is 7.01. The van der Waals surface area contributed by atoms with Crippen LogP contribution in [0.1, 0.15) is 33.6 Å². The first-order valence-corrected chi connectivity index (χ1v) is 12.8. The van der Waals surface area contributed by atoms with E-state index < -0.39 is 16.8 Å². The second-order valence-corrected chi connectivity index (χ2v) is 10.1. The standard InChI is InChI=1S/C25H24ClF3N6O2S/c1-2-22(36)33-16-7-5-15(6-8-16)23(37)35-9-3-4-17(14-35)34-24-32-12-18(38-24)11-30-21-10-19(25(27,28)29)20(26)13-31-21/h2,5-8,10,12-13,17H,1,3-4,9,11,14H2,(H,30,31)(H,32,34)(H,33,36). The number of hydrogen-bond donors (Lipinski definition) is 3. The summed E-state index contributed by atoms with van der Waals surface area (Å²) in [5.41, 5.74) is 0.149. The summed E-state index contributed by atoms with van der Waals surface area (Å²) >= 11 is 6.99. The van der Waals surface area contributed by atoms with Gasteiger partial charge < -0.3 is 20.9 Å². The van der Waals surface area contributed by atoms with Crippen molar-refractivity contribution in [3.8, 4) is 0 Å². The minimum Gasteiger partial charge on any atom is -0.365 e. The molecule has 4 rings (SSSR count). The van der Waals surface area contributed by atoms with E-state index >= 15 is 0 Å². The number of pyridine rings is 1. The molecular formula is C25H24ClF3N6O2S. The lowest BCUT2D eigenvalue weighted by molar-refractivity contribution is -0.137. The van der Waals surface area contributed by atoms with Crippen molar-refractivity contribution in [2.75, 3.05) is 29.0 Å². The van der Waals surface area contributed by atoms with E-state index in [0.717, 1.165) is 30.0 Å². The summed E-state index contributed by atoms with van der Waals surface area (Å²) in [5.74, 6) is -0.370. The first kappa shape index (κ1) is 27.4. The predicted octanol–water partition coefficient (Wildman–Crippen LogP) is 5.66. The summed E-state index contributed by atoms with van der Waals surface area (Å²) in [6.45, 7) is 4.78. The molecule has 0 saturated carbocycles. The van der Waals surface area contributed by atoms with Crippen LogP contribution in [-0.2, 0) is 17.5 Å². The van der Waals surface area contributed by atoms with Crippen molar-refractivity contribution in [1.29, 1.82) is 0 Å². The number of thiazole rings is 1. The number of halogens is 4. The van der Waals surface area contributed by atoms with Crippen molar-refractivity contribution in [3.63, 3.8) is 0 Å². The highest BCUT2D eigenvalue weighted by Crippen LogP contribution is 2.35. The van der Waals surface area contributed by atoms with Crippen LogP contribution in [0, 0.1) is 0 Å². The maximum absolute atomic E-state index is 13.1. The van der Waals surface area contributed by atoms with E-state index in [2.05, 4.69) is 32.5 Å². The van der Waals surface area contributed by atoms with Gasteiger partial charge in [-0.15, -0.1) is 11.3 Å². The molecule has 38 heavy (non-hydrogen) atoms. The highest BCUT2D eigenvalue weighted by atomic mass is 35.5. The number of benzene rings is 1. The van der Waals surface area contributed by atoms with Gasteiger partial charge in [0.25, 0.3) is 5.91 Å². The quantitative estimate of drug-likeness (QED) is 0.305. The van der Waals surface area contributed by atoms with Crippen LogP contribution >= 0.6 is 22.9 Å². The van der Waals surface area contributed by atoms with Gasteiger partial charge in [0, 0.05) is 47.7 Å². The molecule has 0 radical (unpaired) electrons. The molecule has 3 N–H and O–H groups in total. The highest BCUT2D eigenvalue weighted by molar-refractivity contribution is 7.15. The lowest BCUT2D eigenvalue weighted by atomic mass is 10.0. The van der Waals surface area contributed by atoms with Gasteiger partial charge in [0.05, 0.1) is 17.1 Å². The van der Waals surface area contributed by atoms with Crippen molar-refractivity contribution >= 4 is 51.4 Å². The van der Waals surface area contributed by atoms with Crippen molar-refractivity contribution in [3.05, 3.63) is 76.4 Å². The lowest BCUT2D eigenvalue weighted by Crippen LogP contribution is -2.45. The largest absolute Gasteiger partial charge is 0.418 e. The van der Waals surface area contributed by atoms with E-state index in [1.54, 1.807) is 35.4 Å². The Hall–Kier alpha value is -3.64. The number of carbonyl (C=O) groups is 2. The van der Waals surface area contributed by atoms with Gasteiger partial charge in [-0.25, -0.2) is 9.97 Å². The topological polar surface area (TPSA) is 99.3 Å². The first-order chi connectivity index (χ1) is 18.1. The number of hydrogen-bond acceptors (Lipinski definition) is 7. The number of rotatable bonds is 8. The van der Waals surface area contributed by atoms with Gasteiger partial charge in [-0.2, -0.15) is 13.2 Å². The number of nitrogens with zero attached hydrogens (tertiary/aromatic N) is 3. The summed E-state index contributed by atoms with van der Waals surface area (Å²) in [5, 5.41) is 9.07. The molecule has 0 bridgehead atoms. The van der Waals surface area contributed by atoms with Gasteiger partial charge in [0.1, 0.15) is 5.82 Å². The van der Waals surface area contributed by atoms with Gasteiger partial charge in [0.15, 0.2) is 5.13 Å². The van der Waals surface area contributed by atoms with Crippen molar-refractivity contribution in [2.45, 2.75) is 31.6 Å². The Morgan fingerprint density at radius 2 is 1.97 bits per heavy atom. The second kappa shape index (κ2) is 11.8. The molecule has 2 aromatic heterocycles. The van der Waals surface area contributed by atoms with E-state index in [0.29, 0.717) is 29.5 Å². The molecule has 1 fully saturated rings. The minimum atomic E-state index is -4.57. The summed E-state index contributed by atoms with van der Waals surface area (Å²) in [7, 11) is 0. The Morgan fingerprint density at radius 1 is 1.21 bits per heavy atom. The van der Waals surface area contributed by atoms with Gasteiger partial charge >= 0.3 is 6.18 Å². The average Bonchev–Trinajstić information content (AvgIpc) is 3.34. The Kier molecular flexibility index (Phi) is 8.52. The number of alkyl halides is 3. The minimum absolute atomic E-state index is 0.00177. The monoisotopic (exact) mass is 564 g/mol. The van der Waals surface area contributed by atoms with Crippen molar-refractivity contribution in [1.82, 2.24) is 14.9 Å². The Morgan fingerprint density at radius 3 is 2.68 bits per heavy atom. The molecule has 200 valence electrons. The van der Waals surface area contributed by atoms with Crippen LogP contribution < -0.4 is 16.0 Å². The normalized spacial score (nSPS) is 15.6. The number of piperidine rings is 1. The number of amides is 2. The zero-order valence-corrected chi connectivity index (χ0v) is 21.6. The fourth-order valence-electron chi connectivity index (χ4n) is 3.91. The lowest BCUT2D eigenvalue weighted by Gasteiger charge is -2.33. The van der Waals surface area contributed by atoms with Crippen LogP contribution in [0.3, 0.4) is 0 Å². The molecule has 3 aromatic rings. The molecule has 1 aromatic carbocycles. The van der Waals surface area contributed by atoms with Crippen LogP contribution in [0.5, 0.6) is 0 Å². The van der Waals surface area contributed by atoms with Gasteiger partial charge in [-0.1, -0.05) is 18.2 Å². The number of carbonyl (C=O) groups excluding carboxylic acids is 2. The maximum atomic E-state index is 13.1. The van der Waals surface area contributed by atoms with Gasteiger partial charge in [-0.05, 0) is 49.2 Å². The molecular weight excluding hydrogens is 541 g/mol. The molecule has 8 nitrogen and oxygen atoms in total. The maximum Gasteiger partial charge on any atom is 0.418 e. The molecule has 1 aliphatic rings. The van der Waals surface area contributed by atoms with Crippen LogP contribution in [-0.4, -0.2) is 45.8 Å². The smallest absolute Gasteiger partial charge is 0.365 e. The van der Waals surface area contributed by atoms with Crippen LogP contribution in [0.4, 0.5) is 29.8 Å². The van der Waals surface area contributed by atoms with E-state index in [1.807, 2.05) is 0 Å². The molecule has 13 heteroatoms. The Bertz CT molecular complexity index is 1320. The summed E-state index contributed by atoms with van der Waals surface area (Å²) < 4.78 is 39.2. The van der Waals surface area contributed by atoms with E-state index in [-0.39, 0.29) is 30.2 Å². The van der Waals surface area contributed by atoms with E-state index in [1.165, 1.54) is 17.4 Å². The molecule has 0 spiro atoms. The molecule has 0 aliphatic carbocycles. The highest BCUT2D eigenvalue weighted by Gasteiger charge is 2.33. The summed E-state index contributed by atoms with van der Waals surface area (Å²) in [6.07, 6.45) is 0.890. The zero-order chi connectivity index (χ0) is 27.3. The summed E-state index contributed by atoms with van der Waals surface area (Å²) in [6, 6.07) is 7.56. The Labute approximate surface area is 225 Å². The Balaban J connectivity index is 1.31. The third-order valence-electron chi connectivity index (χ3n) is 5.78. The molecule has 3 heterocycles. The molecule has 1 saturated heterocycles. The average molecular weight is 565 g/mol. The van der Waals surface area contributed by atoms with Crippen LogP contribution in [0.25, 0.3) is 0 Å². The first-order valence-electron chi connectivity index (χ1n) is 11.6.